The molecule has 0 aromatic heterocycles. The standard InChI is InChI=1S/C96H70BNO19/c99-88(108-53-62-28-10-1-11-29-62)72-48-79-81(50-74(72)90(101)110-55-64-32-14-3-15-33-64)98(71-46-76(92(103)112-57-66-36-18-5-19-37-66)84(95(106)115-60-69-42-24-8-25-43-69)77(47-71)93(104)113-58-67-38-20-6-21-39-67)82-51-78(94(105)114-59-68-40-22-7-23-41-68)85(96(107)116-61-70-44-26-9-27-45-70)87-86(82)97(79)80-49-73(89(100)109-54-63-30-12-2-13-31-63)75(52-83(80)117-87)91(102)111-56-65-34-16-4-17-35-65/h1-52H,53-61H2. The van der Waals surface area contributed by atoms with Gasteiger partial charge in [0.1, 0.15) is 76.5 Å². The molecule has 0 unspecified atom stereocenters. The number of rotatable bonds is 28. The summed E-state index contributed by atoms with van der Waals surface area (Å²) in [4.78, 5) is 142. The highest BCUT2D eigenvalue weighted by Gasteiger charge is 2.48. The summed E-state index contributed by atoms with van der Waals surface area (Å²) in [6.07, 6.45) is 0. The molecule has 0 amide bonds. The summed E-state index contributed by atoms with van der Waals surface area (Å²) in [5.41, 5.74) is 0.282. The van der Waals surface area contributed by atoms with E-state index in [0.717, 1.165) is 0 Å². The second kappa shape index (κ2) is 36.1. The van der Waals surface area contributed by atoms with Crippen LogP contribution in [-0.4, -0.2) is 60.4 Å². The van der Waals surface area contributed by atoms with Crippen molar-refractivity contribution in [1.29, 1.82) is 0 Å². The summed E-state index contributed by atoms with van der Waals surface area (Å²) < 4.78 is 62.4. The van der Waals surface area contributed by atoms with Crippen molar-refractivity contribution in [2.75, 3.05) is 4.90 Å². The molecular formula is C96H70BNO19. The summed E-state index contributed by atoms with van der Waals surface area (Å²) in [5.74, 6) is -10.6. The third kappa shape index (κ3) is 18.0. The van der Waals surface area contributed by atoms with Gasteiger partial charge in [-0.15, -0.1) is 0 Å². The number of carbonyl (C=O) groups is 9. The van der Waals surface area contributed by atoms with Crippen LogP contribution >= 0.6 is 0 Å². The summed E-state index contributed by atoms with van der Waals surface area (Å²) in [6, 6.07) is 87.6. The molecule has 576 valence electrons. The molecule has 0 radical (unpaired) electrons. The Kier molecular flexibility index (Phi) is 23.8. The van der Waals surface area contributed by atoms with Gasteiger partial charge in [0.2, 0.25) is 0 Å². The Balaban J connectivity index is 1.03. The molecular weight excluding hydrogens is 1480 g/mol. The minimum atomic E-state index is -1.48. The molecule has 0 fully saturated rings. The number of hydrogen-bond donors (Lipinski definition) is 0. The van der Waals surface area contributed by atoms with Gasteiger partial charge in [0, 0.05) is 17.1 Å². The smallest absolute Gasteiger partial charge is 0.343 e. The Labute approximate surface area is 672 Å². The van der Waals surface area contributed by atoms with E-state index in [1.807, 2.05) is 0 Å². The first-order valence-electron chi connectivity index (χ1n) is 37.4. The molecule has 0 N–H and O–H groups in total. The van der Waals surface area contributed by atoms with E-state index in [0.29, 0.717) is 50.1 Å². The molecule has 0 aliphatic carbocycles. The Hall–Kier alpha value is -15.2. The highest BCUT2D eigenvalue weighted by Crippen LogP contribution is 2.46. The Bertz CT molecular complexity index is 5790. The SMILES string of the molecule is O=C(OCc1ccccc1)c1cc2c(cc1C(=O)OCc1ccccc1)B1c3cc(C(=O)OCc4ccccc4)c(C(=O)OCc4ccccc4)cc3N(c3cc(C(=O)OCc4ccccc4)c(C(=O)OCc4ccccc4)c(C(=O)OCc4ccccc4)c3)c3cc(C(=O)OCc4ccccc4)c(C(=O)OCc4ccccc4)c(c31)O2. The average Bonchev–Trinajstić information content (AvgIpc) is 0.691. The predicted octanol–water partition coefficient (Wildman–Crippen LogP) is 16.3. The molecule has 13 aromatic carbocycles. The van der Waals surface area contributed by atoms with E-state index in [1.165, 1.54) is 47.4 Å². The van der Waals surface area contributed by atoms with Crippen molar-refractivity contribution in [3.8, 4) is 11.5 Å². The highest BCUT2D eigenvalue weighted by molar-refractivity contribution is 6.99. The molecule has 15 rings (SSSR count). The van der Waals surface area contributed by atoms with Gasteiger partial charge in [-0.3, -0.25) is 0 Å². The van der Waals surface area contributed by atoms with Crippen LogP contribution in [0.25, 0.3) is 0 Å². The van der Waals surface area contributed by atoms with Crippen LogP contribution < -0.4 is 26.0 Å². The first kappa shape index (κ1) is 77.1. The number of esters is 9. The largest absolute Gasteiger partial charge is 0.457 e. The lowest BCUT2D eigenvalue weighted by molar-refractivity contribution is 0.0404. The third-order valence-electron chi connectivity index (χ3n) is 19.5. The van der Waals surface area contributed by atoms with Crippen molar-refractivity contribution >= 4 is 93.9 Å². The lowest BCUT2D eigenvalue weighted by atomic mass is 9.33. The van der Waals surface area contributed by atoms with Crippen LogP contribution in [0.5, 0.6) is 11.5 Å². The average molecular weight is 1550 g/mol. The van der Waals surface area contributed by atoms with E-state index in [2.05, 4.69) is 0 Å². The Morgan fingerprint density at radius 2 is 0.470 bits per heavy atom. The van der Waals surface area contributed by atoms with Crippen LogP contribution in [0.1, 0.15) is 143 Å². The molecule has 0 saturated carbocycles. The highest BCUT2D eigenvalue weighted by atomic mass is 16.6. The molecule has 117 heavy (non-hydrogen) atoms. The van der Waals surface area contributed by atoms with Crippen molar-refractivity contribution in [2.24, 2.45) is 0 Å². The van der Waals surface area contributed by atoms with Gasteiger partial charge in [-0.1, -0.05) is 273 Å². The van der Waals surface area contributed by atoms with Crippen LogP contribution in [-0.2, 0) is 102 Å². The molecule has 21 heteroatoms. The number of hydrogen-bond acceptors (Lipinski definition) is 20. The van der Waals surface area contributed by atoms with Crippen molar-refractivity contribution in [3.05, 3.63) is 416 Å². The molecule has 0 bridgehead atoms. The number of benzene rings is 13. The molecule has 2 heterocycles. The maximum atomic E-state index is 16.0. The summed E-state index contributed by atoms with van der Waals surface area (Å²) in [6.45, 7) is -4.45. The molecule has 13 aromatic rings. The van der Waals surface area contributed by atoms with Crippen molar-refractivity contribution in [1.82, 2.24) is 0 Å². The van der Waals surface area contributed by atoms with Gasteiger partial charge in [0.05, 0.1) is 44.5 Å². The number of anilines is 3. The predicted molar refractivity (Wildman–Crippen MR) is 432 cm³/mol. The van der Waals surface area contributed by atoms with E-state index < -0.39 is 99.6 Å². The number of fused-ring (bicyclic) bond motifs is 4. The lowest BCUT2D eigenvalue weighted by Crippen LogP contribution is -2.60. The van der Waals surface area contributed by atoms with Gasteiger partial charge in [0.15, 0.2) is 0 Å². The first-order valence-corrected chi connectivity index (χ1v) is 37.4. The number of carbonyl (C=O) groups excluding carboxylic acids is 9. The number of ether oxygens (including phenoxy) is 10. The fourth-order valence-electron chi connectivity index (χ4n) is 13.7. The maximum absolute atomic E-state index is 16.0. The Morgan fingerprint density at radius 3 is 0.769 bits per heavy atom. The van der Waals surface area contributed by atoms with Gasteiger partial charge in [-0.25, -0.2) is 43.2 Å². The fourth-order valence-corrected chi connectivity index (χ4v) is 13.7. The fraction of sp³-hybridized carbons (Fsp3) is 0.0938. The van der Waals surface area contributed by atoms with Crippen LogP contribution in [0, 0.1) is 0 Å². The van der Waals surface area contributed by atoms with Gasteiger partial charge >= 0.3 is 53.7 Å². The van der Waals surface area contributed by atoms with Crippen LogP contribution in [0.15, 0.2) is 315 Å². The van der Waals surface area contributed by atoms with Gasteiger partial charge in [-0.2, -0.15) is 0 Å². The molecule has 2 aliphatic rings. The van der Waals surface area contributed by atoms with E-state index in [-0.39, 0.29) is 115 Å². The summed E-state index contributed by atoms with van der Waals surface area (Å²) in [7, 11) is 0. The minimum Gasteiger partial charge on any atom is -0.457 e. The van der Waals surface area contributed by atoms with Crippen LogP contribution in [0.3, 0.4) is 0 Å². The normalized spacial score (nSPS) is 11.4. The Morgan fingerprint density at radius 1 is 0.239 bits per heavy atom. The second-order valence-corrected chi connectivity index (χ2v) is 27.3. The van der Waals surface area contributed by atoms with Crippen molar-refractivity contribution in [2.45, 2.75) is 59.5 Å². The summed E-state index contributed by atoms with van der Waals surface area (Å²) in [5, 5.41) is 0. The second-order valence-electron chi connectivity index (χ2n) is 27.3. The third-order valence-corrected chi connectivity index (χ3v) is 19.5. The molecule has 0 saturated heterocycles. The zero-order valence-corrected chi connectivity index (χ0v) is 62.7. The van der Waals surface area contributed by atoms with Crippen LogP contribution in [0.2, 0.25) is 0 Å². The molecule has 0 atom stereocenters. The van der Waals surface area contributed by atoms with E-state index in [9.17, 15) is 0 Å². The van der Waals surface area contributed by atoms with E-state index >= 15 is 43.2 Å². The zero-order valence-electron chi connectivity index (χ0n) is 62.7. The topological polar surface area (TPSA) is 249 Å². The van der Waals surface area contributed by atoms with Gasteiger partial charge in [0.25, 0.3) is 6.71 Å². The molecule has 2 aliphatic heterocycles. The number of nitrogens with zero attached hydrogens (tertiary/aromatic N) is 1. The quantitative estimate of drug-likeness (QED) is 0.0251. The van der Waals surface area contributed by atoms with Crippen molar-refractivity contribution in [3.63, 3.8) is 0 Å². The monoisotopic (exact) mass is 1550 g/mol. The van der Waals surface area contributed by atoms with Gasteiger partial charge < -0.3 is 52.3 Å². The molecule has 20 nitrogen and oxygen atoms in total. The first-order chi connectivity index (χ1) is 57.3. The van der Waals surface area contributed by atoms with E-state index in [1.54, 1.807) is 273 Å². The lowest BCUT2D eigenvalue weighted by Gasteiger charge is -2.41. The maximum Gasteiger partial charge on any atom is 0.343 e. The summed E-state index contributed by atoms with van der Waals surface area (Å²) >= 11 is 0. The van der Waals surface area contributed by atoms with E-state index in [4.69, 9.17) is 47.4 Å². The molecule has 0 spiro atoms. The van der Waals surface area contributed by atoms with Crippen LogP contribution in [0.4, 0.5) is 17.1 Å². The zero-order chi connectivity index (χ0) is 80.6. The minimum absolute atomic E-state index is 0.0262. The van der Waals surface area contributed by atoms with Gasteiger partial charge in [-0.05, 0) is 109 Å². The van der Waals surface area contributed by atoms with Crippen molar-refractivity contribution < 1.29 is 90.5 Å².